The van der Waals surface area contributed by atoms with Crippen molar-refractivity contribution >= 4 is 28.8 Å². The number of thiophene rings is 1. The van der Waals surface area contributed by atoms with E-state index in [9.17, 15) is 4.79 Å². The molecule has 2 aromatic heterocycles. The summed E-state index contributed by atoms with van der Waals surface area (Å²) in [6, 6.07) is 7.44. The van der Waals surface area contributed by atoms with E-state index in [0.717, 1.165) is 10.6 Å². The fourth-order valence-electron chi connectivity index (χ4n) is 1.78. The summed E-state index contributed by atoms with van der Waals surface area (Å²) in [5.41, 5.74) is 0.271. The second-order valence-corrected chi connectivity index (χ2v) is 6.49. The second kappa shape index (κ2) is 5.31. The molecule has 5 heteroatoms. The smallest absolute Gasteiger partial charge is 0.263 e. The van der Waals surface area contributed by atoms with Gasteiger partial charge >= 0.3 is 0 Å². The molecule has 0 atom stereocenters. The Morgan fingerprint density at radius 1 is 1.42 bits per heavy atom. The van der Waals surface area contributed by atoms with E-state index in [4.69, 9.17) is 11.6 Å². The van der Waals surface area contributed by atoms with Crippen LogP contribution in [-0.2, 0) is 5.54 Å². The van der Waals surface area contributed by atoms with Crippen LogP contribution < -0.4 is 5.32 Å². The number of pyridine rings is 1. The van der Waals surface area contributed by atoms with Gasteiger partial charge in [0.1, 0.15) is 4.88 Å². The Hall–Kier alpha value is -1.39. The van der Waals surface area contributed by atoms with Crippen molar-refractivity contribution in [2.45, 2.75) is 26.3 Å². The first-order chi connectivity index (χ1) is 8.90. The molecule has 0 bridgehead atoms. The van der Waals surface area contributed by atoms with Crippen molar-refractivity contribution < 1.29 is 4.79 Å². The number of carbonyl (C=O) groups is 1. The van der Waals surface area contributed by atoms with E-state index in [0.29, 0.717) is 9.90 Å². The summed E-state index contributed by atoms with van der Waals surface area (Å²) in [5.74, 6) is -0.168. The van der Waals surface area contributed by atoms with E-state index < -0.39 is 5.54 Å². The number of hydrogen-bond acceptors (Lipinski definition) is 3. The minimum atomic E-state index is -0.542. The number of carbonyl (C=O) groups excluding carboxylic acids is 1. The summed E-state index contributed by atoms with van der Waals surface area (Å²) in [6.45, 7) is 5.76. The van der Waals surface area contributed by atoms with Crippen LogP contribution >= 0.6 is 22.9 Å². The molecular weight excluding hydrogens is 280 g/mol. The van der Waals surface area contributed by atoms with Crippen LogP contribution in [-0.4, -0.2) is 10.9 Å². The number of halogens is 1. The highest BCUT2D eigenvalue weighted by Gasteiger charge is 2.26. The maximum Gasteiger partial charge on any atom is 0.263 e. The number of aromatic nitrogens is 1. The minimum absolute atomic E-state index is 0.168. The molecule has 0 aliphatic heterocycles. The molecule has 2 aromatic rings. The molecule has 2 heterocycles. The van der Waals surface area contributed by atoms with Crippen LogP contribution in [0, 0.1) is 6.92 Å². The highest BCUT2D eigenvalue weighted by molar-refractivity contribution is 7.14. The standard InChI is InChI=1S/C14H15ClN2OS/c1-9-8-10(15)12(19-9)13(18)17-14(2,3)11-6-4-5-7-16-11/h4-8H,1-3H3,(H,17,18). The van der Waals surface area contributed by atoms with Gasteiger partial charge in [-0.05, 0) is 39.0 Å². The first-order valence-corrected chi connectivity index (χ1v) is 7.09. The Labute approximate surface area is 121 Å². The zero-order valence-electron chi connectivity index (χ0n) is 11.0. The van der Waals surface area contributed by atoms with Gasteiger partial charge in [0, 0.05) is 11.1 Å². The van der Waals surface area contributed by atoms with Crippen LogP contribution in [0.3, 0.4) is 0 Å². The Balaban J connectivity index is 2.21. The molecular formula is C14H15ClN2OS. The minimum Gasteiger partial charge on any atom is -0.341 e. The number of aryl methyl sites for hydroxylation is 1. The molecule has 1 amide bonds. The van der Waals surface area contributed by atoms with Gasteiger partial charge in [-0.25, -0.2) is 0 Å². The molecule has 0 unspecified atom stereocenters. The van der Waals surface area contributed by atoms with Crippen LogP contribution in [0.4, 0.5) is 0 Å². The summed E-state index contributed by atoms with van der Waals surface area (Å²) < 4.78 is 0. The van der Waals surface area contributed by atoms with Crippen LogP contribution in [0.25, 0.3) is 0 Å². The normalized spacial score (nSPS) is 11.4. The Kier molecular flexibility index (Phi) is 3.92. The lowest BCUT2D eigenvalue weighted by molar-refractivity contribution is 0.0914. The van der Waals surface area contributed by atoms with Crippen molar-refractivity contribution in [2.24, 2.45) is 0 Å². The third-order valence-electron chi connectivity index (χ3n) is 2.75. The largest absolute Gasteiger partial charge is 0.341 e. The Morgan fingerprint density at radius 3 is 2.68 bits per heavy atom. The van der Waals surface area contributed by atoms with Crippen molar-refractivity contribution in [1.82, 2.24) is 10.3 Å². The second-order valence-electron chi connectivity index (χ2n) is 4.83. The van der Waals surface area contributed by atoms with Crippen molar-refractivity contribution in [3.8, 4) is 0 Å². The number of rotatable bonds is 3. The molecule has 0 aromatic carbocycles. The molecule has 0 radical (unpaired) electrons. The number of nitrogens with one attached hydrogen (secondary N) is 1. The Bertz CT molecular complexity index is 593. The van der Waals surface area contributed by atoms with E-state index in [1.165, 1.54) is 11.3 Å². The van der Waals surface area contributed by atoms with E-state index in [1.54, 1.807) is 12.3 Å². The van der Waals surface area contributed by atoms with Gasteiger partial charge in [0.15, 0.2) is 0 Å². The van der Waals surface area contributed by atoms with E-state index >= 15 is 0 Å². The molecule has 19 heavy (non-hydrogen) atoms. The van der Waals surface area contributed by atoms with Crippen molar-refractivity contribution in [1.29, 1.82) is 0 Å². The van der Waals surface area contributed by atoms with E-state index in [1.807, 2.05) is 39.0 Å². The summed E-state index contributed by atoms with van der Waals surface area (Å²) in [7, 11) is 0. The van der Waals surface area contributed by atoms with Gasteiger partial charge in [-0.15, -0.1) is 11.3 Å². The molecule has 0 fully saturated rings. The zero-order chi connectivity index (χ0) is 14.0. The van der Waals surface area contributed by atoms with Gasteiger partial charge in [-0.1, -0.05) is 17.7 Å². The topological polar surface area (TPSA) is 42.0 Å². The lowest BCUT2D eigenvalue weighted by atomic mass is 10.00. The quantitative estimate of drug-likeness (QED) is 0.936. The fourth-order valence-corrected chi connectivity index (χ4v) is 3.00. The van der Waals surface area contributed by atoms with Gasteiger partial charge in [0.2, 0.25) is 0 Å². The van der Waals surface area contributed by atoms with Crippen molar-refractivity contribution in [3.63, 3.8) is 0 Å². The summed E-state index contributed by atoms with van der Waals surface area (Å²) >= 11 is 7.44. The highest BCUT2D eigenvalue weighted by atomic mass is 35.5. The number of hydrogen-bond donors (Lipinski definition) is 1. The lowest BCUT2D eigenvalue weighted by Crippen LogP contribution is -2.41. The predicted molar refractivity (Wildman–Crippen MR) is 78.8 cm³/mol. The molecule has 100 valence electrons. The van der Waals surface area contributed by atoms with E-state index in [2.05, 4.69) is 10.3 Å². The SMILES string of the molecule is Cc1cc(Cl)c(C(=O)NC(C)(C)c2ccccn2)s1. The van der Waals surface area contributed by atoms with Gasteiger partial charge in [0.25, 0.3) is 5.91 Å². The maximum absolute atomic E-state index is 12.3. The van der Waals surface area contributed by atoms with Gasteiger partial charge in [0.05, 0.1) is 16.3 Å². The average molecular weight is 295 g/mol. The van der Waals surface area contributed by atoms with Gasteiger partial charge in [-0.3, -0.25) is 9.78 Å². The molecule has 0 spiro atoms. The molecule has 2 rings (SSSR count). The zero-order valence-corrected chi connectivity index (χ0v) is 12.6. The van der Waals surface area contributed by atoms with E-state index in [-0.39, 0.29) is 5.91 Å². The first kappa shape index (κ1) is 14.0. The van der Waals surface area contributed by atoms with Crippen LogP contribution in [0.1, 0.15) is 34.1 Å². The third-order valence-corrected chi connectivity index (χ3v) is 4.21. The fraction of sp³-hybridized carbons (Fsp3) is 0.286. The van der Waals surface area contributed by atoms with Gasteiger partial charge < -0.3 is 5.32 Å². The summed E-state index contributed by atoms with van der Waals surface area (Å²) in [5, 5.41) is 3.46. The van der Waals surface area contributed by atoms with Gasteiger partial charge in [-0.2, -0.15) is 0 Å². The van der Waals surface area contributed by atoms with Crippen molar-refractivity contribution in [3.05, 3.63) is 50.9 Å². The third kappa shape index (κ3) is 3.14. The molecule has 0 saturated carbocycles. The summed E-state index contributed by atoms with van der Waals surface area (Å²) in [4.78, 5) is 18.1. The monoisotopic (exact) mass is 294 g/mol. The van der Waals surface area contributed by atoms with Crippen LogP contribution in [0.5, 0.6) is 0 Å². The average Bonchev–Trinajstić information content (AvgIpc) is 2.69. The van der Waals surface area contributed by atoms with Crippen LogP contribution in [0.2, 0.25) is 5.02 Å². The molecule has 0 aliphatic rings. The van der Waals surface area contributed by atoms with Crippen molar-refractivity contribution in [2.75, 3.05) is 0 Å². The first-order valence-electron chi connectivity index (χ1n) is 5.90. The highest BCUT2D eigenvalue weighted by Crippen LogP contribution is 2.27. The predicted octanol–water partition coefficient (Wildman–Crippen LogP) is 3.77. The summed E-state index contributed by atoms with van der Waals surface area (Å²) in [6.07, 6.45) is 1.71. The Morgan fingerprint density at radius 2 is 2.16 bits per heavy atom. The molecule has 1 N–H and O–H groups in total. The molecule has 0 aliphatic carbocycles. The lowest BCUT2D eigenvalue weighted by Gasteiger charge is -2.25. The van der Waals surface area contributed by atoms with Crippen LogP contribution in [0.15, 0.2) is 30.5 Å². The molecule has 3 nitrogen and oxygen atoms in total. The maximum atomic E-state index is 12.3. The number of amides is 1. The number of nitrogens with zero attached hydrogens (tertiary/aromatic N) is 1. The molecule has 0 saturated heterocycles.